The van der Waals surface area contributed by atoms with Crippen molar-refractivity contribution in [1.29, 1.82) is 0 Å². The second-order valence-electron chi connectivity index (χ2n) is 6.49. The molecular formula is C20H19F3NO5PS. The van der Waals surface area contributed by atoms with E-state index in [4.69, 9.17) is 9.05 Å². The Labute approximate surface area is 178 Å². The lowest BCUT2D eigenvalue weighted by atomic mass is 9.93. The highest BCUT2D eigenvalue weighted by molar-refractivity contribution is 7.90. The summed E-state index contributed by atoms with van der Waals surface area (Å²) in [6.07, 6.45) is 1.61. The number of alkyl halides is 3. The van der Waals surface area contributed by atoms with Crippen molar-refractivity contribution in [2.24, 2.45) is 0 Å². The van der Waals surface area contributed by atoms with E-state index in [9.17, 15) is 26.2 Å². The van der Waals surface area contributed by atoms with Crippen LogP contribution in [0.5, 0.6) is 0 Å². The van der Waals surface area contributed by atoms with Gasteiger partial charge in [-0.15, -0.1) is 0 Å². The molecule has 0 amide bonds. The summed E-state index contributed by atoms with van der Waals surface area (Å²) in [6.45, 7) is 0. The molecule has 0 atom stereocenters. The lowest BCUT2D eigenvalue weighted by Crippen LogP contribution is -2.37. The summed E-state index contributed by atoms with van der Waals surface area (Å²) in [6, 6.07) is 16.2. The number of hydrogen-bond donors (Lipinski definition) is 0. The van der Waals surface area contributed by atoms with Crippen LogP contribution in [0.25, 0.3) is 11.1 Å². The molecule has 0 aliphatic carbocycles. The highest BCUT2D eigenvalue weighted by Gasteiger charge is 2.52. The predicted molar refractivity (Wildman–Crippen MR) is 111 cm³/mol. The summed E-state index contributed by atoms with van der Waals surface area (Å²) in [5, 5.41) is 0. The van der Waals surface area contributed by atoms with Crippen LogP contribution in [0, 0.1) is 0 Å². The molecule has 31 heavy (non-hydrogen) atoms. The molecule has 0 unspecified atom stereocenters. The van der Waals surface area contributed by atoms with Crippen LogP contribution in [0.1, 0.15) is 11.1 Å². The standard InChI is InChI=1S/C20H19F3NO5PS/c1-28-30(25,29-2)19-17(15-9-5-3-6-10-15)13-24(31(26,27)20(21,22)23)14-18(19)16-11-7-4-8-12-16/h3-14,19H,1-2H3. The van der Waals surface area contributed by atoms with E-state index in [0.29, 0.717) is 11.1 Å². The number of hydrogen-bond acceptors (Lipinski definition) is 5. The summed E-state index contributed by atoms with van der Waals surface area (Å²) in [4.78, 5) is 0. The predicted octanol–water partition coefficient (Wildman–Crippen LogP) is 5.09. The summed E-state index contributed by atoms with van der Waals surface area (Å²) < 4.78 is 88.5. The Morgan fingerprint density at radius 2 is 1.23 bits per heavy atom. The molecule has 1 aliphatic heterocycles. The van der Waals surface area contributed by atoms with Crippen LogP contribution < -0.4 is 0 Å². The van der Waals surface area contributed by atoms with Crippen molar-refractivity contribution in [3.8, 4) is 0 Å². The number of nitrogens with zero attached hydrogens (tertiary/aromatic N) is 1. The third-order valence-corrected chi connectivity index (χ3v) is 8.29. The first-order valence-corrected chi connectivity index (χ1v) is 12.0. The maximum atomic E-state index is 13.5. The lowest BCUT2D eigenvalue weighted by Gasteiger charge is -2.34. The molecule has 0 radical (unpaired) electrons. The SMILES string of the molecule is COP(=O)(OC)C1C(c2ccccc2)=CN(S(=O)(=O)C(F)(F)F)C=C1c1ccccc1. The molecule has 1 heterocycles. The minimum absolute atomic E-state index is 0.0433. The Morgan fingerprint density at radius 1 is 0.839 bits per heavy atom. The molecule has 11 heteroatoms. The summed E-state index contributed by atoms with van der Waals surface area (Å²) in [7, 11) is -7.39. The van der Waals surface area contributed by atoms with Crippen LogP contribution >= 0.6 is 7.60 Å². The maximum Gasteiger partial charge on any atom is 0.517 e. The zero-order chi connectivity index (χ0) is 22.9. The molecule has 0 bridgehead atoms. The van der Waals surface area contributed by atoms with Crippen LogP contribution in [0.3, 0.4) is 0 Å². The molecule has 1 aliphatic rings. The van der Waals surface area contributed by atoms with Gasteiger partial charge in [0.25, 0.3) is 0 Å². The van der Waals surface area contributed by atoms with Crippen LogP contribution in [0.4, 0.5) is 13.2 Å². The fraction of sp³-hybridized carbons (Fsp3) is 0.200. The number of sulfonamides is 1. The van der Waals surface area contributed by atoms with Crippen molar-refractivity contribution < 1.29 is 35.2 Å². The van der Waals surface area contributed by atoms with E-state index < -0.39 is 28.8 Å². The van der Waals surface area contributed by atoms with E-state index in [1.165, 1.54) is 0 Å². The van der Waals surface area contributed by atoms with Gasteiger partial charge in [-0.2, -0.15) is 21.6 Å². The average Bonchev–Trinajstić information content (AvgIpc) is 2.78. The van der Waals surface area contributed by atoms with E-state index in [0.717, 1.165) is 26.6 Å². The van der Waals surface area contributed by atoms with E-state index in [1.54, 1.807) is 60.7 Å². The Balaban J connectivity index is 2.35. The zero-order valence-electron chi connectivity index (χ0n) is 16.5. The second-order valence-corrected chi connectivity index (χ2v) is 10.7. The van der Waals surface area contributed by atoms with Gasteiger partial charge in [0.15, 0.2) is 0 Å². The number of halogens is 3. The minimum atomic E-state index is -5.75. The van der Waals surface area contributed by atoms with Gasteiger partial charge in [-0.05, 0) is 22.3 Å². The molecule has 0 fully saturated rings. The van der Waals surface area contributed by atoms with Crippen LogP contribution in [-0.4, -0.2) is 38.1 Å². The van der Waals surface area contributed by atoms with E-state index >= 15 is 0 Å². The molecule has 3 rings (SSSR count). The Kier molecular flexibility index (Phi) is 6.48. The lowest BCUT2D eigenvalue weighted by molar-refractivity contribution is -0.0468. The number of allylic oxidation sites excluding steroid dienone is 2. The molecule has 0 N–H and O–H groups in total. The molecule has 0 saturated heterocycles. The normalized spacial score (nSPS) is 16.1. The number of benzene rings is 2. The molecule has 6 nitrogen and oxygen atoms in total. The van der Waals surface area contributed by atoms with Crippen molar-refractivity contribution in [2.75, 3.05) is 14.2 Å². The molecule has 2 aromatic carbocycles. The van der Waals surface area contributed by atoms with Gasteiger partial charge in [-0.1, -0.05) is 60.7 Å². The fourth-order valence-corrected chi connectivity index (χ4v) is 5.66. The van der Waals surface area contributed by atoms with Gasteiger partial charge < -0.3 is 9.05 Å². The van der Waals surface area contributed by atoms with Gasteiger partial charge in [0.2, 0.25) is 0 Å². The molecule has 2 aromatic rings. The summed E-state index contributed by atoms with van der Waals surface area (Å²) >= 11 is 0. The van der Waals surface area contributed by atoms with E-state index in [-0.39, 0.29) is 15.5 Å². The van der Waals surface area contributed by atoms with Gasteiger partial charge in [0, 0.05) is 26.6 Å². The van der Waals surface area contributed by atoms with Crippen molar-refractivity contribution in [1.82, 2.24) is 4.31 Å². The van der Waals surface area contributed by atoms with Crippen LogP contribution in [0.2, 0.25) is 0 Å². The van der Waals surface area contributed by atoms with Gasteiger partial charge >= 0.3 is 23.1 Å². The Bertz CT molecular complexity index is 1080. The molecule has 0 aromatic heterocycles. The van der Waals surface area contributed by atoms with Crippen molar-refractivity contribution in [3.63, 3.8) is 0 Å². The van der Waals surface area contributed by atoms with Gasteiger partial charge in [0.05, 0.1) is 0 Å². The first kappa shape index (κ1) is 23.3. The second kappa shape index (κ2) is 8.63. The van der Waals surface area contributed by atoms with E-state index in [2.05, 4.69) is 0 Å². The molecular weight excluding hydrogens is 454 g/mol. The summed E-state index contributed by atoms with van der Waals surface area (Å²) in [5.74, 6) is 0. The minimum Gasteiger partial charge on any atom is -0.311 e. The topological polar surface area (TPSA) is 72.9 Å². The summed E-state index contributed by atoms with van der Waals surface area (Å²) in [5.41, 5.74) is -5.89. The maximum absolute atomic E-state index is 13.5. The first-order chi connectivity index (χ1) is 14.5. The monoisotopic (exact) mass is 473 g/mol. The highest BCUT2D eigenvalue weighted by Crippen LogP contribution is 2.61. The van der Waals surface area contributed by atoms with Gasteiger partial charge in [0.1, 0.15) is 5.66 Å². The van der Waals surface area contributed by atoms with Crippen LogP contribution in [0.15, 0.2) is 73.1 Å². The third kappa shape index (κ3) is 4.34. The van der Waals surface area contributed by atoms with Gasteiger partial charge in [-0.3, -0.25) is 4.57 Å². The number of rotatable bonds is 6. The smallest absolute Gasteiger partial charge is 0.311 e. The molecule has 0 spiro atoms. The Hall–Kier alpha value is -2.39. The van der Waals surface area contributed by atoms with Gasteiger partial charge in [-0.25, -0.2) is 4.31 Å². The van der Waals surface area contributed by atoms with Crippen LogP contribution in [-0.2, 0) is 23.6 Å². The van der Waals surface area contributed by atoms with Crippen molar-refractivity contribution >= 4 is 28.8 Å². The zero-order valence-corrected chi connectivity index (χ0v) is 18.2. The average molecular weight is 473 g/mol. The molecule has 0 saturated carbocycles. The largest absolute Gasteiger partial charge is 0.517 e. The quantitative estimate of drug-likeness (QED) is 0.547. The van der Waals surface area contributed by atoms with E-state index in [1.807, 2.05) is 0 Å². The highest BCUT2D eigenvalue weighted by atomic mass is 32.2. The third-order valence-electron chi connectivity index (χ3n) is 4.73. The Morgan fingerprint density at radius 3 is 1.55 bits per heavy atom. The van der Waals surface area contributed by atoms with Crippen molar-refractivity contribution in [2.45, 2.75) is 11.2 Å². The first-order valence-electron chi connectivity index (χ1n) is 8.90. The fourth-order valence-electron chi connectivity index (χ4n) is 3.23. The van der Waals surface area contributed by atoms with Crippen molar-refractivity contribution in [3.05, 3.63) is 84.2 Å². The molecule has 166 valence electrons.